The number of nitrogens with zero attached hydrogens (tertiary/aromatic N) is 8. The molecule has 13 heteroatoms. The van der Waals surface area contributed by atoms with Gasteiger partial charge in [-0.25, -0.2) is 39.9 Å². The van der Waals surface area contributed by atoms with E-state index in [1.54, 1.807) is 6.21 Å². The van der Waals surface area contributed by atoms with Crippen LogP contribution in [0.3, 0.4) is 0 Å². The smallest absolute Gasteiger partial charge is 0.164 e. The number of amidine groups is 2. The molecule has 11 nitrogen and oxygen atoms in total. The van der Waals surface area contributed by atoms with Gasteiger partial charge in [0.05, 0.1) is 0 Å². The molecule has 0 radical (unpaired) electrons. The van der Waals surface area contributed by atoms with E-state index in [0.717, 1.165) is 122 Å². The van der Waals surface area contributed by atoms with Crippen molar-refractivity contribution in [3.63, 3.8) is 0 Å². The predicted molar refractivity (Wildman–Crippen MR) is 605 cm³/mol. The van der Waals surface area contributed by atoms with E-state index in [4.69, 9.17) is 48.7 Å². The molecular formula is C132H85N9O2S2. The Hall–Kier alpha value is -18.5. The molecule has 0 amide bonds. The summed E-state index contributed by atoms with van der Waals surface area (Å²) in [4.78, 5) is 39.7. The molecule has 27 aromatic rings. The molecule has 1 N–H and O–H groups in total. The molecule has 0 atom stereocenters. The molecule has 28 rings (SSSR count). The van der Waals surface area contributed by atoms with Gasteiger partial charge in [-0.1, -0.05) is 390 Å². The van der Waals surface area contributed by atoms with Crippen LogP contribution < -0.4 is 0 Å². The summed E-state index contributed by atoms with van der Waals surface area (Å²) in [5, 5.41) is 26.1. The Labute approximate surface area is 843 Å². The summed E-state index contributed by atoms with van der Waals surface area (Å²) in [6.07, 6.45) is 1.79. The van der Waals surface area contributed by atoms with Gasteiger partial charge in [-0.2, -0.15) is 0 Å². The minimum atomic E-state index is -0.116. The Balaban J connectivity index is 0.000000111. The number of nitrogens with one attached hydrogen (secondary N) is 1. The largest absolute Gasteiger partial charge is 0.456 e. The van der Waals surface area contributed by atoms with Crippen LogP contribution in [0.4, 0.5) is 0 Å². The number of furan rings is 2. The summed E-state index contributed by atoms with van der Waals surface area (Å²) in [5.74, 6) is 4.51. The Morgan fingerprint density at radius 2 is 0.683 bits per heavy atom. The van der Waals surface area contributed by atoms with Crippen molar-refractivity contribution >= 4 is 157 Å². The van der Waals surface area contributed by atoms with Crippen molar-refractivity contribution in [1.82, 2.24) is 29.9 Å². The third-order valence-corrected chi connectivity index (χ3v) is 30.1. The van der Waals surface area contributed by atoms with E-state index in [-0.39, 0.29) is 11.3 Å². The first-order valence-electron chi connectivity index (χ1n) is 48.5. The first kappa shape index (κ1) is 86.8. The van der Waals surface area contributed by atoms with E-state index in [1.807, 2.05) is 193 Å². The molecule has 21 aromatic carbocycles. The number of aliphatic imine (C=N–C) groups is 2. The SMILES string of the molecule is CC1(C)c2ccccc2-c2ccc(-c3nc(-c4ccccc4)nc(-c4cccc(-c5ccc6ccc7sc8ccccc8c7c6c5)c4)n3)cc21.N=C(N=C(N=Cc1ccccc1)c1ccc2c(c1)oc1ccccc12)c1cccc(-c2cccc3ccc4sc5ccccc5c4c23)c1.c1ccc(-c2nc(-c3ccccc3)nc(-c3cccc(-c4cccc(-c5cccc6c5ccc5oc7ccccc7c56)c4)c3)n2)cc1. The highest BCUT2D eigenvalue weighted by Gasteiger charge is 2.36. The van der Waals surface area contributed by atoms with Crippen LogP contribution in [0.5, 0.6) is 0 Å². The average Bonchev–Trinajstić information content (AvgIpc) is 1.57. The molecular weight excluding hydrogens is 1810 g/mol. The third-order valence-electron chi connectivity index (χ3n) is 27.9. The van der Waals surface area contributed by atoms with Gasteiger partial charge in [0.1, 0.15) is 22.3 Å². The maximum absolute atomic E-state index is 9.20. The second kappa shape index (κ2) is 36.6. The Bertz CT molecular complexity index is 9860. The van der Waals surface area contributed by atoms with Crippen molar-refractivity contribution in [2.24, 2.45) is 9.98 Å². The summed E-state index contributed by atoms with van der Waals surface area (Å²) in [6, 6.07) is 162. The number of fused-ring (bicyclic) bond motifs is 21. The van der Waals surface area contributed by atoms with Crippen LogP contribution in [0.15, 0.2) is 486 Å². The summed E-state index contributed by atoms with van der Waals surface area (Å²) < 4.78 is 17.6. The van der Waals surface area contributed by atoms with Gasteiger partial charge >= 0.3 is 0 Å². The summed E-state index contributed by atoms with van der Waals surface area (Å²) >= 11 is 3.68. The molecule has 0 fully saturated rings. The molecule has 6 aromatic heterocycles. The summed E-state index contributed by atoms with van der Waals surface area (Å²) in [7, 11) is 0. The van der Waals surface area contributed by atoms with E-state index in [0.29, 0.717) is 46.3 Å². The topological polar surface area (TPSA) is 152 Å². The predicted octanol–water partition coefficient (Wildman–Crippen LogP) is 35.3. The summed E-state index contributed by atoms with van der Waals surface area (Å²) in [6.45, 7) is 4.61. The molecule has 1 aliphatic carbocycles. The van der Waals surface area contributed by atoms with Crippen LogP contribution in [0, 0.1) is 5.41 Å². The van der Waals surface area contributed by atoms with E-state index < -0.39 is 0 Å². The van der Waals surface area contributed by atoms with Crippen LogP contribution in [0.1, 0.15) is 41.7 Å². The zero-order valence-electron chi connectivity index (χ0n) is 78.7. The standard InChI is InChI=1S/C46H31N3S.C43H27N3OS.C43H27N3O/c1-46(2)38-17-8-6-15-34(38)35-23-21-33(27-39(35)46)45-48-43(29-11-4-3-5-12-29)47-44(49-45)32-14-10-13-30(25-32)31-20-19-28-22-24-41-42(37(28)26-31)36-16-7-9-18-40(36)50-41;44-42(46-43(45-26-27-10-2-1-3-11-27)31-20-22-34-33-15-4-6-18-36(33)47-37(34)25-31)30-14-8-13-29(24-30)32-17-9-12-28-21-23-39-41(40(28)32)35-16-5-7-19-38(35)48-39;1-3-12-28(13-4-1)41-44-42(29-14-5-2-6-15-29)46-43(45-41)33-19-10-17-31(27-33)30-16-9-18-32(26-30)34-21-11-22-36-35(34)24-25-39-40(36)37-20-7-8-23-38(37)47-39/h3-27H,1-2H3;1-26,44H;1-27H. The maximum atomic E-state index is 9.20. The molecule has 0 unspecified atom stereocenters. The summed E-state index contributed by atoms with van der Waals surface area (Å²) in [5.41, 5.74) is 25.7. The van der Waals surface area contributed by atoms with Gasteiger partial charge in [-0.3, -0.25) is 5.41 Å². The minimum Gasteiger partial charge on any atom is -0.456 e. The average molecular weight is 1890 g/mol. The zero-order chi connectivity index (χ0) is 96.6. The fourth-order valence-corrected chi connectivity index (χ4v) is 23.0. The molecule has 682 valence electrons. The van der Waals surface area contributed by atoms with E-state index in [9.17, 15) is 5.41 Å². The van der Waals surface area contributed by atoms with E-state index >= 15 is 0 Å². The Morgan fingerprint density at radius 3 is 1.34 bits per heavy atom. The van der Waals surface area contributed by atoms with Crippen LogP contribution in [0.2, 0.25) is 0 Å². The number of hydrogen-bond acceptors (Lipinski definition) is 11. The lowest BCUT2D eigenvalue weighted by molar-refractivity contribution is 0.660. The van der Waals surface area contributed by atoms with Gasteiger partial charge in [-0.05, 0) is 196 Å². The number of thiophene rings is 2. The van der Waals surface area contributed by atoms with Gasteiger partial charge < -0.3 is 8.83 Å². The van der Waals surface area contributed by atoms with Gasteiger partial charge in [0.25, 0.3) is 0 Å². The number of benzene rings is 21. The van der Waals surface area contributed by atoms with Crippen molar-refractivity contribution in [2.75, 3.05) is 0 Å². The second-order valence-corrected chi connectivity index (χ2v) is 39.2. The highest BCUT2D eigenvalue weighted by atomic mass is 32.1. The van der Waals surface area contributed by atoms with E-state index in [2.05, 4.69) is 311 Å². The normalized spacial score (nSPS) is 12.3. The quantitative estimate of drug-likeness (QED) is 0.0885. The van der Waals surface area contributed by atoms with Crippen molar-refractivity contribution in [3.05, 3.63) is 495 Å². The molecule has 6 heterocycles. The third kappa shape index (κ3) is 16.2. The van der Waals surface area contributed by atoms with Crippen molar-refractivity contribution in [2.45, 2.75) is 19.3 Å². The molecule has 145 heavy (non-hydrogen) atoms. The number of rotatable bonds is 13. The molecule has 0 saturated heterocycles. The van der Waals surface area contributed by atoms with Gasteiger partial charge in [-0.15, -0.1) is 22.7 Å². The minimum absolute atomic E-state index is 0.116. The fourth-order valence-electron chi connectivity index (χ4n) is 20.8. The van der Waals surface area contributed by atoms with Crippen LogP contribution in [-0.2, 0) is 5.41 Å². The molecule has 1 aliphatic rings. The zero-order valence-corrected chi connectivity index (χ0v) is 80.4. The number of para-hydroxylation sites is 2. The van der Waals surface area contributed by atoms with Gasteiger partial charge in [0.2, 0.25) is 0 Å². The molecule has 0 aliphatic heterocycles. The van der Waals surface area contributed by atoms with Crippen LogP contribution >= 0.6 is 22.7 Å². The lowest BCUT2D eigenvalue weighted by Crippen LogP contribution is -2.15. The fraction of sp³-hybridized carbons (Fsp3) is 0.0227. The van der Waals surface area contributed by atoms with Gasteiger partial charge in [0, 0.05) is 118 Å². The first-order chi connectivity index (χ1) is 71.5. The second-order valence-electron chi connectivity index (χ2n) is 37.1. The van der Waals surface area contributed by atoms with Crippen molar-refractivity contribution in [1.29, 1.82) is 5.41 Å². The molecule has 0 spiro atoms. The highest BCUT2D eigenvalue weighted by Crippen LogP contribution is 2.51. The first-order valence-corrected chi connectivity index (χ1v) is 50.2. The van der Waals surface area contributed by atoms with Crippen molar-refractivity contribution in [3.8, 4) is 124 Å². The number of aromatic nitrogens is 6. The van der Waals surface area contributed by atoms with Gasteiger partial charge in [0.15, 0.2) is 46.6 Å². The lowest BCUT2D eigenvalue weighted by Gasteiger charge is -2.21. The van der Waals surface area contributed by atoms with Crippen LogP contribution in [0.25, 0.3) is 241 Å². The van der Waals surface area contributed by atoms with Crippen LogP contribution in [-0.4, -0.2) is 47.8 Å². The highest BCUT2D eigenvalue weighted by molar-refractivity contribution is 7.26. The van der Waals surface area contributed by atoms with Crippen molar-refractivity contribution < 1.29 is 8.83 Å². The maximum Gasteiger partial charge on any atom is 0.164 e. The lowest BCUT2D eigenvalue weighted by atomic mass is 9.82. The molecule has 0 saturated carbocycles. The molecule has 0 bridgehead atoms. The Morgan fingerprint density at radius 1 is 0.248 bits per heavy atom. The Kier molecular flexibility index (Phi) is 21.9. The van der Waals surface area contributed by atoms with E-state index in [1.165, 1.54) is 106 Å². The number of hydrogen-bond donors (Lipinski definition) is 1. The monoisotopic (exact) mass is 1890 g/mol.